The van der Waals surface area contributed by atoms with Crippen molar-refractivity contribution in [2.45, 2.75) is 58.3 Å². The summed E-state index contributed by atoms with van der Waals surface area (Å²) in [6, 6.07) is 8.75. The van der Waals surface area contributed by atoms with Gasteiger partial charge in [-0.2, -0.15) is 0 Å². The molecule has 0 nitrogen and oxygen atoms in total. The highest BCUT2D eigenvalue weighted by Crippen LogP contribution is 2.52. The largest absolute Gasteiger partial charge is 0.125 e. The quantitative estimate of drug-likeness (QED) is 0.628. The highest BCUT2D eigenvalue weighted by Gasteiger charge is 2.42. The Kier molecular flexibility index (Phi) is 4.11. The third-order valence-electron chi connectivity index (χ3n) is 5.02. The van der Waals surface area contributed by atoms with Crippen LogP contribution in [0.1, 0.15) is 52.0 Å². The molecule has 18 heavy (non-hydrogen) atoms. The summed E-state index contributed by atoms with van der Waals surface area (Å²) in [6.07, 6.45) is 5.67. The number of aryl methyl sites for hydroxylation is 1. The van der Waals surface area contributed by atoms with Gasteiger partial charge in [-0.3, -0.25) is 0 Å². The highest BCUT2D eigenvalue weighted by atomic mass is 32.2. The first-order valence-corrected chi connectivity index (χ1v) is 8.12. The Hall–Kier alpha value is -0.430. The van der Waals surface area contributed by atoms with Crippen molar-refractivity contribution in [2.75, 3.05) is 5.75 Å². The Morgan fingerprint density at radius 3 is 2.39 bits per heavy atom. The van der Waals surface area contributed by atoms with Gasteiger partial charge in [0.2, 0.25) is 0 Å². The molecule has 1 saturated carbocycles. The summed E-state index contributed by atoms with van der Waals surface area (Å²) in [5, 5.41) is 0. The summed E-state index contributed by atoms with van der Waals surface area (Å²) in [4.78, 5) is 1.45. The van der Waals surface area contributed by atoms with Crippen molar-refractivity contribution in [1.82, 2.24) is 0 Å². The number of hydrogen-bond acceptors (Lipinski definition) is 1. The molecule has 0 N–H and O–H groups in total. The first-order chi connectivity index (χ1) is 8.45. The van der Waals surface area contributed by atoms with Crippen LogP contribution in [0.2, 0.25) is 0 Å². The van der Waals surface area contributed by atoms with Crippen LogP contribution < -0.4 is 0 Å². The van der Waals surface area contributed by atoms with Crippen LogP contribution in [0.3, 0.4) is 0 Å². The molecule has 0 saturated heterocycles. The molecule has 0 spiro atoms. The summed E-state index contributed by atoms with van der Waals surface area (Å²) in [5.41, 5.74) is 2.38. The van der Waals surface area contributed by atoms with Gasteiger partial charge in [0.1, 0.15) is 0 Å². The Balaban J connectivity index is 2.03. The third kappa shape index (κ3) is 2.77. The van der Waals surface area contributed by atoms with Gasteiger partial charge in [-0.1, -0.05) is 51.8 Å². The first kappa shape index (κ1) is 14.0. The SMILES string of the molecule is Cc1ccccc1SCC(C)(C)C1(C)CCCC1. The smallest absolute Gasteiger partial charge is 0.0101 e. The van der Waals surface area contributed by atoms with Gasteiger partial charge in [0.05, 0.1) is 0 Å². The molecule has 0 amide bonds. The van der Waals surface area contributed by atoms with Crippen LogP contribution >= 0.6 is 11.8 Å². The van der Waals surface area contributed by atoms with Crippen molar-refractivity contribution in [3.63, 3.8) is 0 Å². The maximum absolute atomic E-state index is 2.50. The number of thioether (sulfide) groups is 1. The summed E-state index contributed by atoms with van der Waals surface area (Å²) >= 11 is 2.04. The number of rotatable bonds is 4. The zero-order valence-electron chi connectivity index (χ0n) is 12.3. The average molecular weight is 262 g/mol. The van der Waals surface area contributed by atoms with Crippen molar-refractivity contribution < 1.29 is 0 Å². The minimum absolute atomic E-state index is 0.427. The molecule has 0 unspecified atom stereocenters. The Morgan fingerprint density at radius 1 is 1.17 bits per heavy atom. The molecule has 0 aromatic heterocycles. The van der Waals surface area contributed by atoms with Crippen LogP contribution in [0.15, 0.2) is 29.2 Å². The molecule has 1 heteroatoms. The van der Waals surface area contributed by atoms with Crippen LogP contribution in [-0.2, 0) is 0 Å². The van der Waals surface area contributed by atoms with E-state index in [1.807, 2.05) is 11.8 Å². The molecule has 1 aliphatic carbocycles. The molecule has 0 radical (unpaired) electrons. The van der Waals surface area contributed by atoms with Gasteiger partial charge in [-0.15, -0.1) is 11.8 Å². The lowest BCUT2D eigenvalue weighted by molar-refractivity contribution is 0.122. The maximum atomic E-state index is 2.50. The second kappa shape index (κ2) is 5.28. The Labute approximate surface area is 117 Å². The van der Waals surface area contributed by atoms with E-state index < -0.39 is 0 Å². The highest BCUT2D eigenvalue weighted by molar-refractivity contribution is 7.99. The summed E-state index contributed by atoms with van der Waals surface area (Å²) in [7, 11) is 0. The van der Waals surface area contributed by atoms with E-state index in [0.29, 0.717) is 10.8 Å². The molecule has 1 aromatic rings. The third-order valence-corrected chi connectivity index (χ3v) is 6.66. The Morgan fingerprint density at radius 2 is 1.78 bits per heavy atom. The molecule has 0 aliphatic heterocycles. The maximum Gasteiger partial charge on any atom is 0.0101 e. The average Bonchev–Trinajstić information content (AvgIpc) is 2.77. The number of hydrogen-bond donors (Lipinski definition) is 0. The van der Waals surface area contributed by atoms with Crippen molar-refractivity contribution in [2.24, 2.45) is 10.8 Å². The fourth-order valence-corrected chi connectivity index (χ4v) is 4.32. The predicted octanol–water partition coefficient (Wildman–Crippen LogP) is 5.69. The molecule has 1 aromatic carbocycles. The van der Waals surface area contributed by atoms with E-state index in [1.54, 1.807) is 0 Å². The van der Waals surface area contributed by atoms with Crippen molar-refractivity contribution in [3.05, 3.63) is 29.8 Å². The predicted molar refractivity (Wildman–Crippen MR) is 82.3 cm³/mol. The van der Waals surface area contributed by atoms with Gasteiger partial charge < -0.3 is 0 Å². The van der Waals surface area contributed by atoms with Gasteiger partial charge in [0.25, 0.3) is 0 Å². The van der Waals surface area contributed by atoms with E-state index in [1.165, 1.54) is 41.9 Å². The summed E-state index contributed by atoms with van der Waals surface area (Å²) in [5.74, 6) is 1.23. The fraction of sp³-hybridized carbons (Fsp3) is 0.647. The van der Waals surface area contributed by atoms with Gasteiger partial charge in [-0.25, -0.2) is 0 Å². The van der Waals surface area contributed by atoms with E-state index in [0.717, 1.165) is 0 Å². The van der Waals surface area contributed by atoms with E-state index >= 15 is 0 Å². The second-order valence-corrected chi connectivity index (χ2v) is 7.72. The van der Waals surface area contributed by atoms with Crippen molar-refractivity contribution >= 4 is 11.8 Å². The molecule has 1 fully saturated rings. The van der Waals surface area contributed by atoms with Crippen LogP contribution in [0, 0.1) is 17.8 Å². The molecule has 100 valence electrons. The van der Waals surface area contributed by atoms with Gasteiger partial charge in [-0.05, 0) is 42.2 Å². The second-order valence-electron chi connectivity index (χ2n) is 6.71. The number of benzene rings is 1. The lowest BCUT2D eigenvalue weighted by Crippen LogP contribution is -2.34. The van der Waals surface area contributed by atoms with Crippen molar-refractivity contribution in [1.29, 1.82) is 0 Å². The Bertz CT molecular complexity index is 400. The van der Waals surface area contributed by atoms with Crippen LogP contribution in [0.25, 0.3) is 0 Å². The lowest BCUT2D eigenvalue weighted by atomic mass is 9.67. The van der Waals surface area contributed by atoms with Crippen molar-refractivity contribution in [3.8, 4) is 0 Å². The minimum Gasteiger partial charge on any atom is -0.125 e. The zero-order chi connectivity index (χ0) is 13.2. The normalized spacial score (nSPS) is 19.1. The van der Waals surface area contributed by atoms with E-state index in [-0.39, 0.29) is 0 Å². The van der Waals surface area contributed by atoms with E-state index in [2.05, 4.69) is 52.0 Å². The molecule has 1 aliphatic rings. The molecule has 2 rings (SSSR count). The molecule has 0 bridgehead atoms. The fourth-order valence-electron chi connectivity index (χ4n) is 2.98. The summed E-state index contributed by atoms with van der Waals surface area (Å²) < 4.78 is 0. The lowest BCUT2D eigenvalue weighted by Gasteiger charge is -2.41. The van der Waals surface area contributed by atoms with Crippen LogP contribution in [0.5, 0.6) is 0 Å². The van der Waals surface area contributed by atoms with Gasteiger partial charge >= 0.3 is 0 Å². The monoisotopic (exact) mass is 262 g/mol. The topological polar surface area (TPSA) is 0 Å². The van der Waals surface area contributed by atoms with Crippen LogP contribution in [-0.4, -0.2) is 5.75 Å². The minimum atomic E-state index is 0.427. The standard InChI is InChI=1S/C17H26S/c1-14-9-5-6-10-15(14)18-13-16(2,3)17(4)11-7-8-12-17/h5-6,9-10H,7-8,11-13H2,1-4H3. The van der Waals surface area contributed by atoms with Gasteiger partial charge in [0, 0.05) is 10.6 Å². The van der Waals surface area contributed by atoms with Gasteiger partial charge in [0.15, 0.2) is 0 Å². The molecular formula is C17H26S. The molecule has 0 atom stereocenters. The molecular weight excluding hydrogens is 236 g/mol. The first-order valence-electron chi connectivity index (χ1n) is 7.13. The zero-order valence-corrected chi connectivity index (χ0v) is 13.1. The summed E-state index contributed by atoms with van der Waals surface area (Å²) in [6.45, 7) is 9.64. The van der Waals surface area contributed by atoms with Crippen LogP contribution in [0.4, 0.5) is 0 Å². The van der Waals surface area contributed by atoms with E-state index in [9.17, 15) is 0 Å². The molecule has 0 heterocycles. The van der Waals surface area contributed by atoms with E-state index in [4.69, 9.17) is 0 Å².